The summed E-state index contributed by atoms with van der Waals surface area (Å²) in [5.41, 5.74) is 0. The monoisotopic (exact) mass is 335 g/mol. The number of hydrogen-bond donors (Lipinski definition) is 1. The molecule has 140 valence electrons. The predicted molar refractivity (Wildman–Crippen MR) is 92.2 cm³/mol. The molecule has 23 heavy (non-hydrogen) atoms. The van der Waals surface area contributed by atoms with E-state index in [1.54, 1.807) is 0 Å². The average molecular weight is 335 g/mol. The van der Waals surface area contributed by atoms with Crippen LogP contribution in [0.3, 0.4) is 0 Å². The van der Waals surface area contributed by atoms with Crippen LogP contribution in [0, 0.1) is 0 Å². The fourth-order valence-corrected chi connectivity index (χ4v) is 1.79. The minimum absolute atomic E-state index is 0.594. The molecule has 0 bridgehead atoms. The lowest BCUT2D eigenvalue weighted by Gasteiger charge is -2.08. The fourth-order valence-electron chi connectivity index (χ4n) is 1.79. The second-order valence-corrected chi connectivity index (χ2v) is 5.23. The van der Waals surface area contributed by atoms with Gasteiger partial charge in [0.25, 0.3) is 0 Å². The fraction of sp³-hybridized carbons (Fsp3) is 1.00. The zero-order chi connectivity index (χ0) is 16.8. The first-order valence-corrected chi connectivity index (χ1v) is 8.95. The van der Waals surface area contributed by atoms with Gasteiger partial charge in [-0.25, -0.2) is 0 Å². The van der Waals surface area contributed by atoms with Crippen molar-refractivity contribution in [2.24, 2.45) is 0 Å². The van der Waals surface area contributed by atoms with Crippen LogP contribution in [0.25, 0.3) is 0 Å². The van der Waals surface area contributed by atoms with Gasteiger partial charge >= 0.3 is 0 Å². The zero-order valence-corrected chi connectivity index (χ0v) is 15.1. The normalized spacial score (nSPS) is 11.2. The maximum absolute atomic E-state index is 5.45. The van der Waals surface area contributed by atoms with E-state index in [9.17, 15) is 0 Å². The molecule has 0 heterocycles. The molecule has 0 aromatic carbocycles. The molecule has 0 aliphatic heterocycles. The molecule has 0 saturated heterocycles. The minimum atomic E-state index is 0.594. The Bertz CT molecular complexity index is 187. The SMILES string of the molecule is CCCCCOCCOCCOCCOCCOCCCNC. The van der Waals surface area contributed by atoms with Crippen molar-refractivity contribution in [2.75, 3.05) is 79.7 Å². The van der Waals surface area contributed by atoms with Crippen molar-refractivity contribution in [3.8, 4) is 0 Å². The van der Waals surface area contributed by atoms with Crippen molar-refractivity contribution < 1.29 is 23.7 Å². The van der Waals surface area contributed by atoms with Gasteiger partial charge in [-0.05, 0) is 26.4 Å². The Morgan fingerprint density at radius 1 is 0.522 bits per heavy atom. The lowest BCUT2D eigenvalue weighted by molar-refractivity contribution is -0.0113. The topological polar surface area (TPSA) is 58.2 Å². The molecule has 0 amide bonds. The highest BCUT2D eigenvalue weighted by Gasteiger charge is 1.93. The first-order valence-electron chi connectivity index (χ1n) is 8.95. The van der Waals surface area contributed by atoms with Gasteiger partial charge in [0.05, 0.1) is 52.9 Å². The predicted octanol–water partition coefficient (Wildman–Crippen LogP) is 1.87. The first-order chi connectivity index (χ1) is 11.4. The Morgan fingerprint density at radius 2 is 0.913 bits per heavy atom. The molecule has 0 radical (unpaired) electrons. The Kier molecular flexibility index (Phi) is 21.5. The Labute approximate surface area is 142 Å². The van der Waals surface area contributed by atoms with E-state index in [-0.39, 0.29) is 0 Å². The maximum Gasteiger partial charge on any atom is 0.0701 e. The third-order valence-electron chi connectivity index (χ3n) is 3.10. The molecule has 0 fully saturated rings. The van der Waals surface area contributed by atoms with Crippen molar-refractivity contribution >= 4 is 0 Å². The summed E-state index contributed by atoms with van der Waals surface area (Å²) in [7, 11) is 1.94. The molecule has 0 aliphatic carbocycles. The summed E-state index contributed by atoms with van der Waals surface area (Å²) in [4.78, 5) is 0. The van der Waals surface area contributed by atoms with Crippen molar-refractivity contribution in [1.82, 2.24) is 5.32 Å². The lowest BCUT2D eigenvalue weighted by Crippen LogP contribution is -2.14. The number of nitrogens with one attached hydrogen (secondary N) is 1. The quantitative estimate of drug-likeness (QED) is 0.343. The van der Waals surface area contributed by atoms with Gasteiger partial charge in [0, 0.05) is 13.2 Å². The van der Waals surface area contributed by atoms with Crippen molar-refractivity contribution in [3.63, 3.8) is 0 Å². The molecule has 0 aromatic rings. The molecule has 0 aliphatic rings. The third-order valence-corrected chi connectivity index (χ3v) is 3.10. The number of hydrogen-bond acceptors (Lipinski definition) is 6. The van der Waals surface area contributed by atoms with Gasteiger partial charge in [-0.2, -0.15) is 0 Å². The van der Waals surface area contributed by atoms with Gasteiger partial charge in [-0.3, -0.25) is 0 Å². The Hall–Kier alpha value is -0.240. The standard InChI is InChI=1S/C17H37NO5/c1-3-4-5-8-19-10-12-21-14-16-23-17-15-22-13-11-20-9-6-7-18-2/h18H,3-17H2,1-2H3. The second kappa shape index (κ2) is 21.8. The van der Waals surface area contributed by atoms with Crippen LogP contribution in [0.4, 0.5) is 0 Å². The first kappa shape index (κ1) is 22.8. The summed E-state index contributed by atoms with van der Waals surface area (Å²) in [6, 6.07) is 0. The van der Waals surface area contributed by atoms with E-state index >= 15 is 0 Å². The summed E-state index contributed by atoms with van der Waals surface area (Å²) in [5, 5.41) is 3.08. The summed E-state index contributed by atoms with van der Waals surface area (Å²) in [6.45, 7) is 9.75. The molecule has 0 spiro atoms. The van der Waals surface area contributed by atoms with Gasteiger partial charge in [0.15, 0.2) is 0 Å². The summed E-state index contributed by atoms with van der Waals surface area (Å²) in [6.07, 6.45) is 4.63. The summed E-state index contributed by atoms with van der Waals surface area (Å²) in [5.74, 6) is 0. The molecular formula is C17H37NO5. The van der Waals surface area contributed by atoms with Crippen LogP contribution in [-0.4, -0.2) is 79.7 Å². The van der Waals surface area contributed by atoms with Crippen LogP contribution in [0.5, 0.6) is 0 Å². The molecular weight excluding hydrogens is 298 g/mol. The number of ether oxygens (including phenoxy) is 5. The van der Waals surface area contributed by atoms with Crippen LogP contribution in [-0.2, 0) is 23.7 Å². The van der Waals surface area contributed by atoms with Crippen LogP contribution in [0.15, 0.2) is 0 Å². The second-order valence-electron chi connectivity index (χ2n) is 5.23. The molecule has 0 saturated carbocycles. The van der Waals surface area contributed by atoms with E-state index in [1.165, 1.54) is 12.8 Å². The van der Waals surface area contributed by atoms with Crippen LogP contribution < -0.4 is 5.32 Å². The van der Waals surface area contributed by atoms with Crippen LogP contribution in [0.2, 0.25) is 0 Å². The van der Waals surface area contributed by atoms with Gasteiger partial charge in [0.1, 0.15) is 0 Å². The zero-order valence-electron chi connectivity index (χ0n) is 15.1. The molecule has 6 nitrogen and oxygen atoms in total. The molecule has 0 rings (SSSR count). The van der Waals surface area contributed by atoms with Crippen molar-refractivity contribution in [3.05, 3.63) is 0 Å². The largest absolute Gasteiger partial charge is 0.379 e. The van der Waals surface area contributed by atoms with Crippen molar-refractivity contribution in [1.29, 1.82) is 0 Å². The average Bonchev–Trinajstić information content (AvgIpc) is 2.57. The highest BCUT2D eigenvalue weighted by molar-refractivity contribution is 4.40. The van der Waals surface area contributed by atoms with Gasteiger partial charge < -0.3 is 29.0 Å². The van der Waals surface area contributed by atoms with Crippen molar-refractivity contribution in [2.45, 2.75) is 32.6 Å². The minimum Gasteiger partial charge on any atom is -0.379 e. The number of rotatable bonds is 20. The molecule has 0 atom stereocenters. The van der Waals surface area contributed by atoms with E-state index < -0.39 is 0 Å². The Balaban J connectivity index is 2.92. The van der Waals surface area contributed by atoms with E-state index in [1.807, 2.05) is 7.05 Å². The Morgan fingerprint density at radius 3 is 1.30 bits per heavy atom. The summed E-state index contributed by atoms with van der Waals surface area (Å²) < 4.78 is 27.1. The summed E-state index contributed by atoms with van der Waals surface area (Å²) >= 11 is 0. The van der Waals surface area contributed by atoms with Gasteiger partial charge in [-0.15, -0.1) is 0 Å². The van der Waals surface area contributed by atoms with E-state index in [4.69, 9.17) is 23.7 Å². The maximum atomic E-state index is 5.45. The lowest BCUT2D eigenvalue weighted by atomic mass is 10.3. The van der Waals surface area contributed by atoms with E-state index in [0.717, 1.165) is 32.6 Å². The van der Waals surface area contributed by atoms with Crippen LogP contribution in [0.1, 0.15) is 32.6 Å². The smallest absolute Gasteiger partial charge is 0.0701 e. The third kappa shape index (κ3) is 21.8. The van der Waals surface area contributed by atoms with E-state index in [2.05, 4.69) is 12.2 Å². The molecule has 6 heteroatoms. The van der Waals surface area contributed by atoms with Gasteiger partial charge in [0.2, 0.25) is 0 Å². The molecule has 0 unspecified atom stereocenters. The van der Waals surface area contributed by atoms with E-state index in [0.29, 0.717) is 52.9 Å². The van der Waals surface area contributed by atoms with Gasteiger partial charge in [-0.1, -0.05) is 19.8 Å². The highest BCUT2D eigenvalue weighted by Crippen LogP contribution is 1.93. The molecule has 0 aromatic heterocycles. The molecule has 1 N–H and O–H groups in total. The number of unbranched alkanes of at least 4 members (excludes halogenated alkanes) is 2. The highest BCUT2D eigenvalue weighted by atomic mass is 16.6. The van der Waals surface area contributed by atoms with Crippen LogP contribution >= 0.6 is 0 Å².